The number of aromatic nitrogens is 3. The van der Waals surface area contributed by atoms with Crippen LogP contribution in [-0.4, -0.2) is 25.6 Å². The number of rotatable bonds is 6. The maximum atomic E-state index is 12.0. The topological polar surface area (TPSA) is 97.1 Å². The van der Waals surface area contributed by atoms with Gasteiger partial charge in [0.15, 0.2) is 0 Å². The lowest BCUT2D eigenvalue weighted by atomic mass is 10.0. The zero-order valence-electron chi connectivity index (χ0n) is 18.2. The number of nitrogens with zero attached hydrogens (tertiary/aromatic N) is 3. The predicted octanol–water partition coefficient (Wildman–Crippen LogP) is 4.33. The quantitative estimate of drug-likeness (QED) is 0.474. The fourth-order valence-electron chi connectivity index (χ4n) is 3.73. The van der Waals surface area contributed by atoms with Crippen molar-refractivity contribution >= 4 is 22.7 Å². The summed E-state index contributed by atoms with van der Waals surface area (Å²) in [4.78, 5) is 32.3. The number of aliphatic carboxylic acids is 1. The van der Waals surface area contributed by atoms with Crippen molar-refractivity contribution in [2.75, 3.05) is 5.32 Å². The molecule has 2 aromatic heterocycles. The molecule has 7 heteroatoms. The molecule has 1 atom stereocenters. The summed E-state index contributed by atoms with van der Waals surface area (Å²) in [5.74, 6) is 0.324. The second-order valence-electron chi connectivity index (χ2n) is 7.91. The molecule has 0 radical (unpaired) electrons. The number of carboxylic acid groups (broad SMARTS) is 1. The predicted molar refractivity (Wildman–Crippen MR) is 125 cm³/mol. The van der Waals surface area contributed by atoms with Crippen molar-refractivity contribution < 1.29 is 9.90 Å². The first-order valence-electron chi connectivity index (χ1n) is 10.3. The van der Waals surface area contributed by atoms with Gasteiger partial charge in [-0.3, -0.25) is 9.59 Å². The number of carboxylic acids is 1. The van der Waals surface area contributed by atoms with Crippen molar-refractivity contribution in [3.8, 4) is 11.1 Å². The zero-order chi connectivity index (χ0) is 22.8. The smallest absolute Gasteiger partial charge is 0.323 e. The fraction of sp³-hybridized carbons (Fsp3) is 0.200. The summed E-state index contributed by atoms with van der Waals surface area (Å²) < 4.78 is 1.19. The van der Waals surface area contributed by atoms with Crippen LogP contribution in [0.25, 0.3) is 22.0 Å². The first kappa shape index (κ1) is 21.2. The van der Waals surface area contributed by atoms with E-state index in [-0.39, 0.29) is 18.1 Å². The second-order valence-corrected chi connectivity index (χ2v) is 7.91. The van der Waals surface area contributed by atoms with E-state index in [1.807, 2.05) is 31.2 Å². The standard InChI is InChI=1S/C25H24N4O3/c1-15-5-4-6-18(11-15)16(2)26-25-21-12-19(7-9-22(21)27-17(3)28-25)20-8-10-23(30)29(13-20)14-24(31)32/h4-13,16H,14H2,1-3H3,(H,31,32)(H,26,27,28)/t16-/m1/s1. The average molecular weight is 428 g/mol. The SMILES string of the molecule is Cc1cccc([C@@H](C)Nc2nc(C)nc3ccc(-c4ccc(=O)n(CC(=O)O)c4)cc23)c1. The van der Waals surface area contributed by atoms with Gasteiger partial charge in [0.05, 0.1) is 5.52 Å². The van der Waals surface area contributed by atoms with Gasteiger partial charge in [-0.2, -0.15) is 0 Å². The summed E-state index contributed by atoms with van der Waals surface area (Å²) in [6.45, 7) is 5.63. The average Bonchev–Trinajstić information content (AvgIpc) is 2.74. The van der Waals surface area contributed by atoms with Crippen LogP contribution in [0.4, 0.5) is 5.82 Å². The van der Waals surface area contributed by atoms with Gasteiger partial charge in [0.25, 0.3) is 5.56 Å². The minimum absolute atomic E-state index is 0.0357. The minimum Gasteiger partial charge on any atom is -0.480 e. The van der Waals surface area contributed by atoms with Gasteiger partial charge in [0.2, 0.25) is 0 Å². The molecule has 7 nitrogen and oxygen atoms in total. The van der Waals surface area contributed by atoms with Gasteiger partial charge in [0.1, 0.15) is 18.2 Å². The monoisotopic (exact) mass is 428 g/mol. The molecule has 4 rings (SSSR count). The normalized spacial score (nSPS) is 12.0. The number of hydrogen-bond acceptors (Lipinski definition) is 5. The number of fused-ring (bicyclic) bond motifs is 1. The summed E-state index contributed by atoms with van der Waals surface area (Å²) in [5, 5.41) is 13.4. The Balaban J connectivity index is 1.76. The Morgan fingerprint density at radius 2 is 1.84 bits per heavy atom. The van der Waals surface area contributed by atoms with Crippen LogP contribution < -0.4 is 10.9 Å². The molecule has 0 bridgehead atoms. The van der Waals surface area contributed by atoms with Gasteiger partial charge in [-0.05, 0) is 55.7 Å². The van der Waals surface area contributed by atoms with Gasteiger partial charge in [-0.25, -0.2) is 9.97 Å². The number of benzene rings is 2. The van der Waals surface area contributed by atoms with Crippen molar-refractivity contribution in [1.29, 1.82) is 0 Å². The molecule has 162 valence electrons. The molecule has 0 aliphatic rings. The highest BCUT2D eigenvalue weighted by molar-refractivity contribution is 5.92. The van der Waals surface area contributed by atoms with E-state index in [1.165, 1.54) is 16.2 Å². The highest BCUT2D eigenvalue weighted by Crippen LogP contribution is 2.29. The summed E-state index contributed by atoms with van der Waals surface area (Å²) in [5.41, 5.74) is 4.38. The highest BCUT2D eigenvalue weighted by Gasteiger charge is 2.13. The third kappa shape index (κ3) is 4.51. The van der Waals surface area contributed by atoms with Crippen LogP contribution in [0, 0.1) is 13.8 Å². The maximum Gasteiger partial charge on any atom is 0.323 e. The molecule has 0 unspecified atom stereocenters. The van der Waals surface area contributed by atoms with Gasteiger partial charge in [-0.15, -0.1) is 0 Å². The fourth-order valence-corrected chi connectivity index (χ4v) is 3.73. The Labute approximate surface area is 185 Å². The lowest BCUT2D eigenvalue weighted by Crippen LogP contribution is -2.22. The molecule has 0 fully saturated rings. The number of anilines is 1. The lowest BCUT2D eigenvalue weighted by molar-refractivity contribution is -0.137. The third-order valence-corrected chi connectivity index (χ3v) is 5.33. The molecular weight excluding hydrogens is 404 g/mol. The molecule has 2 N–H and O–H groups in total. The van der Waals surface area contributed by atoms with E-state index in [4.69, 9.17) is 5.11 Å². The summed E-state index contributed by atoms with van der Waals surface area (Å²) in [6.07, 6.45) is 1.56. The number of aryl methyl sites for hydroxylation is 2. The molecule has 0 aliphatic carbocycles. The highest BCUT2D eigenvalue weighted by atomic mass is 16.4. The van der Waals surface area contributed by atoms with Crippen molar-refractivity contribution in [3.05, 3.63) is 88.1 Å². The number of carbonyl (C=O) groups is 1. The number of hydrogen-bond donors (Lipinski definition) is 2. The van der Waals surface area contributed by atoms with E-state index >= 15 is 0 Å². The van der Waals surface area contributed by atoms with E-state index in [9.17, 15) is 9.59 Å². The molecule has 0 spiro atoms. The Morgan fingerprint density at radius 1 is 1.06 bits per heavy atom. The van der Waals surface area contributed by atoms with Crippen LogP contribution in [0.15, 0.2) is 65.6 Å². The molecule has 0 aliphatic heterocycles. The van der Waals surface area contributed by atoms with E-state index in [2.05, 4.69) is 47.3 Å². The van der Waals surface area contributed by atoms with Crippen LogP contribution in [0.1, 0.15) is 29.9 Å². The Kier molecular flexibility index (Phi) is 5.73. The van der Waals surface area contributed by atoms with Crippen molar-refractivity contribution in [2.24, 2.45) is 0 Å². The van der Waals surface area contributed by atoms with Crippen LogP contribution >= 0.6 is 0 Å². The first-order chi connectivity index (χ1) is 15.3. The summed E-state index contributed by atoms with van der Waals surface area (Å²) in [7, 11) is 0. The van der Waals surface area contributed by atoms with Gasteiger partial charge in [-0.1, -0.05) is 35.9 Å². The molecule has 0 saturated carbocycles. The van der Waals surface area contributed by atoms with Gasteiger partial charge in [0, 0.05) is 23.7 Å². The van der Waals surface area contributed by atoms with Crippen LogP contribution in [0.2, 0.25) is 0 Å². The second kappa shape index (κ2) is 8.63. The molecule has 0 saturated heterocycles. The van der Waals surface area contributed by atoms with Crippen LogP contribution in [0.3, 0.4) is 0 Å². The number of nitrogens with one attached hydrogen (secondary N) is 1. The molecule has 32 heavy (non-hydrogen) atoms. The van der Waals surface area contributed by atoms with E-state index in [0.717, 1.165) is 33.4 Å². The maximum absolute atomic E-state index is 12.0. The van der Waals surface area contributed by atoms with E-state index in [1.54, 1.807) is 12.3 Å². The van der Waals surface area contributed by atoms with Crippen LogP contribution in [-0.2, 0) is 11.3 Å². The Morgan fingerprint density at radius 3 is 2.59 bits per heavy atom. The molecule has 2 heterocycles. The molecule has 0 amide bonds. The van der Waals surface area contributed by atoms with E-state index < -0.39 is 5.97 Å². The van der Waals surface area contributed by atoms with Gasteiger partial charge < -0.3 is 15.0 Å². The van der Waals surface area contributed by atoms with Crippen molar-refractivity contribution in [2.45, 2.75) is 33.4 Å². The Bertz CT molecular complexity index is 1380. The first-order valence-corrected chi connectivity index (χ1v) is 10.3. The molecule has 4 aromatic rings. The lowest BCUT2D eigenvalue weighted by Gasteiger charge is -2.18. The van der Waals surface area contributed by atoms with E-state index in [0.29, 0.717) is 5.82 Å². The minimum atomic E-state index is -1.07. The van der Waals surface area contributed by atoms with Crippen molar-refractivity contribution in [3.63, 3.8) is 0 Å². The molecular formula is C25H24N4O3. The third-order valence-electron chi connectivity index (χ3n) is 5.33. The molecule has 2 aromatic carbocycles. The number of pyridine rings is 1. The largest absolute Gasteiger partial charge is 0.480 e. The van der Waals surface area contributed by atoms with Crippen molar-refractivity contribution in [1.82, 2.24) is 14.5 Å². The van der Waals surface area contributed by atoms with Gasteiger partial charge >= 0.3 is 5.97 Å². The summed E-state index contributed by atoms with van der Waals surface area (Å²) >= 11 is 0. The zero-order valence-corrected chi connectivity index (χ0v) is 18.2. The Hall–Kier alpha value is -4.00. The summed E-state index contributed by atoms with van der Waals surface area (Å²) in [6, 6.07) is 17.2. The van der Waals surface area contributed by atoms with Crippen LogP contribution in [0.5, 0.6) is 0 Å².